The van der Waals surface area contributed by atoms with Gasteiger partial charge in [-0.3, -0.25) is 4.57 Å². The van der Waals surface area contributed by atoms with E-state index in [9.17, 15) is 4.79 Å². The lowest BCUT2D eigenvalue weighted by molar-refractivity contribution is 0.0520. The summed E-state index contributed by atoms with van der Waals surface area (Å²) < 4.78 is 12.8. The van der Waals surface area contributed by atoms with E-state index in [1.165, 1.54) is 0 Å². The molecule has 162 valence electrons. The average Bonchev–Trinajstić information content (AvgIpc) is 3.24. The molecule has 4 rings (SSSR count). The van der Waals surface area contributed by atoms with Gasteiger partial charge in [-0.05, 0) is 55.0 Å². The van der Waals surface area contributed by atoms with E-state index in [1.807, 2.05) is 54.6 Å². The van der Waals surface area contributed by atoms with Gasteiger partial charge in [-0.1, -0.05) is 53.5 Å². The molecule has 0 spiro atoms. The highest BCUT2D eigenvalue weighted by atomic mass is 35.5. The van der Waals surface area contributed by atoms with Gasteiger partial charge in [0.2, 0.25) is 0 Å². The van der Waals surface area contributed by atoms with E-state index in [0.717, 1.165) is 17.0 Å². The van der Waals surface area contributed by atoms with Crippen molar-refractivity contribution in [3.63, 3.8) is 0 Å². The van der Waals surface area contributed by atoms with E-state index in [-0.39, 0.29) is 12.3 Å². The molecule has 0 atom stereocenters. The zero-order valence-electron chi connectivity index (χ0n) is 17.3. The Bertz CT molecular complexity index is 1220. The Morgan fingerprint density at radius 1 is 1.00 bits per heavy atom. The second kappa shape index (κ2) is 9.90. The quantitative estimate of drug-likeness (QED) is 0.287. The molecule has 7 heteroatoms. The first kappa shape index (κ1) is 21.9. The molecule has 0 amide bonds. The third-order valence-electron chi connectivity index (χ3n) is 4.73. The van der Waals surface area contributed by atoms with Crippen molar-refractivity contribution >= 4 is 29.2 Å². The molecular weight excluding hydrogens is 447 g/mol. The lowest BCUT2D eigenvalue weighted by Gasteiger charge is -2.11. The average molecular weight is 467 g/mol. The third-order valence-corrected chi connectivity index (χ3v) is 5.27. The van der Waals surface area contributed by atoms with Crippen LogP contribution in [0.5, 0.6) is 5.75 Å². The van der Waals surface area contributed by atoms with Gasteiger partial charge in [0.1, 0.15) is 18.2 Å². The Morgan fingerprint density at radius 2 is 1.75 bits per heavy atom. The first-order valence-electron chi connectivity index (χ1n) is 10.0. The summed E-state index contributed by atoms with van der Waals surface area (Å²) in [5, 5.41) is 0.949. The van der Waals surface area contributed by atoms with E-state index in [2.05, 4.69) is 4.98 Å². The summed E-state index contributed by atoms with van der Waals surface area (Å²) in [6.45, 7) is 2.49. The number of benzene rings is 3. The molecule has 0 aliphatic carbocycles. The van der Waals surface area contributed by atoms with Crippen molar-refractivity contribution in [1.82, 2.24) is 9.55 Å². The fourth-order valence-electron chi connectivity index (χ4n) is 3.19. The van der Waals surface area contributed by atoms with Crippen LogP contribution in [0.4, 0.5) is 0 Å². The number of carbonyl (C=O) groups excluding carboxylic acids is 1. The Labute approximate surface area is 196 Å². The van der Waals surface area contributed by atoms with Gasteiger partial charge in [-0.2, -0.15) is 0 Å². The van der Waals surface area contributed by atoms with Crippen LogP contribution in [0.25, 0.3) is 17.1 Å². The minimum atomic E-state index is -0.500. The molecule has 32 heavy (non-hydrogen) atoms. The first-order chi connectivity index (χ1) is 15.5. The van der Waals surface area contributed by atoms with E-state index in [4.69, 9.17) is 32.7 Å². The molecule has 0 aliphatic heterocycles. The summed E-state index contributed by atoms with van der Waals surface area (Å²) in [5.74, 6) is 0.738. The number of carbonyl (C=O) groups is 1. The zero-order chi connectivity index (χ0) is 22.5. The predicted molar refractivity (Wildman–Crippen MR) is 126 cm³/mol. The summed E-state index contributed by atoms with van der Waals surface area (Å²) >= 11 is 12.5. The standard InChI is InChI=1S/C25H20Cl2N2O3/c1-2-31-25(30)23-15-29(24(28-23)21-13-8-18(26)14-22(21)27)19-9-11-20(12-10-19)32-16-17-6-4-3-5-7-17/h3-15H,2,16H2,1H3. The van der Waals surface area contributed by atoms with Crippen molar-refractivity contribution in [3.8, 4) is 22.8 Å². The van der Waals surface area contributed by atoms with E-state index in [0.29, 0.717) is 28.0 Å². The van der Waals surface area contributed by atoms with Gasteiger partial charge in [0.25, 0.3) is 0 Å². The predicted octanol–water partition coefficient (Wildman–Crippen LogP) is 6.60. The minimum absolute atomic E-state index is 0.192. The summed E-state index contributed by atoms with van der Waals surface area (Å²) in [6, 6.07) is 22.6. The lowest BCUT2D eigenvalue weighted by Crippen LogP contribution is -2.04. The molecule has 1 aromatic heterocycles. The molecule has 4 aromatic rings. The summed E-state index contributed by atoms with van der Waals surface area (Å²) in [5.41, 5.74) is 2.72. The van der Waals surface area contributed by atoms with Crippen molar-refractivity contribution in [3.05, 3.63) is 100 Å². The number of halogens is 2. The molecule has 0 unspecified atom stereocenters. The number of rotatable bonds is 7. The number of aromatic nitrogens is 2. The van der Waals surface area contributed by atoms with Gasteiger partial charge in [0, 0.05) is 22.5 Å². The molecular formula is C25H20Cl2N2O3. The first-order valence-corrected chi connectivity index (χ1v) is 10.8. The van der Waals surface area contributed by atoms with Crippen LogP contribution >= 0.6 is 23.2 Å². The highest BCUT2D eigenvalue weighted by Gasteiger charge is 2.19. The molecule has 0 radical (unpaired) electrons. The second-order valence-electron chi connectivity index (χ2n) is 6.93. The highest BCUT2D eigenvalue weighted by molar-refractivity contribution is 6.36. The van der Waals surface area contributed by atoms with Crippen LogP contribution in [-0.4, -0.2) is 22.1 Å². The molecule has 0 N–H and O–H groups in total. The fourth-order valence-corrected chi connectivity index (χ4v) is 3.68. The van der Waals surface area contributed by atoms with E-state index < -0.39 is 5.97 Å². The Hall–Kier alpha value is -3.28. The fraction of sp³-hybridized carbons (Fsp3) is 0.120. The van der Waals surface area contributed by atoms with Crippen LogP contribution < -0.4 is 4.74 Å². The maximum absolute atomic E-state index is 12.3. The molecule has 0 aliphatic rings. The number of hydrogen-bond donors (Lipinski definition) is 0. The summed E-state index contributed by atoms with van der Waals surface area (Å²) in [6.07, 6.45) is 1.64. The molecule has 3 aromatic carbocycles. The van der Waals surface area contributed by atoms with Gasteiger partial charge < -0.3 is 9.47 Å². The highest BCUT2D eigenvalue weighted by Crippen LogP contribution is 2.32. The van der Waals surface area contributed by atoms with Crippen LogP contribution in [0.3, 0.4) is 0 Å². The SMILES string of the molecule is CCOC(=O)c1cn(-c2ccc(OCc3ccccc3)cc2)c(-c2ccc(Cl)cc2Cl)n1. The molecule has 1 heterocycles. The maximum atomic E-state index is 12.3. The largest absolute Gasteiger partial charge is 0.489 e. The third kappa shape index (κ3) is 4.96. The van der Waals surface area contributed by atoms with Gasteiger partial charge in [0.05, 0.1) is 11.6 Å². The van der Waals surface area contributed by atoms with Gasteiger partial charge >= 0.3 is 5.97 Å². The van der Waals surface area contributed by atoms with Crippen LogP contribution in [-0.2, 0) is 11.3 Å². The van der Waals surface area contributed by atoms with Gasteiger partial charge in [0.15, 0.2) is 5.69 Å². The lowest BCUT2D eigenvalue weighted by atomic mass is 10.2. The normalized spacial score (nSPS) is 10.7. The molecule has 0 saturated carbocycles. The van der Waals surface area contributed by atoms with Crippen LogP contribution in [0, 0.1) is 0 Å². The maximum Gasteiger partial charge on any atom is 0.358 e. The second-order valence-corrected chi connectivity index (χ2v) is 7.78. The number of ether oxygens (including phenoxy) is 2. The molecule has 0 fully saturated rings. The molecule has 5 nitrogen and oxygen atoms in total. The molecule has 0 saturated heterocycles. The topological polar surface area (TPSA) is 53.4 Å². The van der Waals surface area contributed by atoms with Crippen LogP contribution in [0.15, 0.2) is 79.0 Å². The number of esters is 1. The smallest absolute Gasteiger partial charge is 0.358 e. The number of imidazole rings is 1. The Balaban J connectivity index is 1.66. The molecule has 0 bridgehead atoms. The van der Waals surface area contributed by atoms with E-state index in [1.54, 1.807) is 35.9 Å². The Kier molecular flexibility index (Phi) is 6.78. The monoisotopic (exact) mass is 466 g/mol. The van der Waals surface area contributed by atoms with Crippen molar-refractivity contribution in [2.45, 2.75) is 13.5 Å². The number of nitrogens with zero attached hydrogens (tertiary/aromatic N) is 2. The zero-order valence-corrected chi connectivity index (χ0v) is 18.8. The van der Waals surface area contributed by atoms with Crippen molar-refractivity contribution < 1.29 is 14.3 Å². The van der Waals surface area contributed by atoms with Gasteiger partial charge in [-0.25, -0.2) is 9.78 Å². The summed E-state index contributed by atoms with van der Waals surface area (Å²) in [4.78, 5) is 16.8. The minimum Gasteiger partial charge on any atom is -0.489 e. The van der Waals surface area contributed by atoms with Crippen LogP contribution in [0.1, 0.15) is 23.0 Å². The van der Waals surface area contributed by atoms with Crippen molar-refractivity contribution in [2.24, 2.45) is 0 Å². The van der Waals surface area contributed by atoms with Gasteiger partial charge in [-0.15, -0.1) is 0 Å². The van der Waals surface area contributed by atoms with E-state index >= 15 is 0 Å². The van der Waals surface area contributed by atoms with Crippen molar-refractivity contribution in [1.29, 1.82) is 0 Å². The van der Waals surface area contributed by atoms with Crippen molar-refractivity contribution in [2.75, 3.05) is 6.61 Å². The summed E-state index contributed by atoms with van der Waals surface area (Å²) in [7, 11) is 0. The van der Waals surface area contributed by atoms with Crippen LogP contribution in [0.2, 0.25) is 10.0 Å². The Morgan fingerprint density at radius 3 is 2.44 bits per heavy atom. The number of hydrogen-bond acceptors (Lipinski definition) is 4.